The van der Waals surface area contributed by atoms with E-state index in [1.54, 1.807) is 0 Å². The van der Waals surface area contributed by atoms with E-state index in [4.69, 9.17) is 0 Å². The molecule has 0 spiro atoms. The zero-order valence-corrected chi connectivity index (χ0v) is 11.6. The minimum absolute atomic E-state index is 0.0615. The van der Waals surface area contributed by atoms with Crippen molar-refractivity contribution in [2.75, 3.05) is 13.1 Å². The molecule has 0 aromatic carbocycles. The van der Waals surface area contributed by atoms with Crippen LogP contribution in [0.15, 0.2) is 0 Å². The van der Waals surface area contributed by atoms with Crippen LogP contribution in [0.25, 0.3) is 0 Å². The maximum Gasteiger partial charge on any atom is 0.237 e. The van der Waals surface area contributed by atoms with Crippen molar-refractivity contribution in [3.8, 4) is 0 Å². The van der Waals surface area contributed by atoms with Crippen LogP contribution in [-0.2, 0) is 4.79 Å². The number of rotatable bonds is 5. The molecule has 1 aliphatic rings. The fourth-order valence-electron chi connectivity index (χ4n) is 2.19. The Bertz CT molecular complexity index is 227. The van der Waals surface area contributed by atoms with Crippen molar-refractivity contribution in [3.05, 3.63) is 0 Å². The van der Waals surface area contributed by atoms with Crippen LogP contribution in [0.3, 0.4) is 0 Å². The monoisotopic (exact) mass is 240 g/mol. The average molecular weight is 240 g/mol. The van der Waals surface area contributed by atoms with Gasteiger partial charge in [0.1, 0.15) is 0 Å². The molecule has 1 heterocycles. The highest BCUT2D eigenvalue weighted by atomic mass is 16.2. The number of nitrogens with one attached hydrogen (secondary N) is 2. The first-order valence-electron chi connectivity index (χ1n) is 7.00. The van der Waals surface area contributed by atoms with Crippen molar-refractivity contribution in [2.45, 2.75) is 65.3 Å². The normalized spacial score (nSPS) is 21.2. The summed E-state index contributed by atoms with van der Waals surface area (Å²) in [5.41, 5.74) is 0.412. The number of hydrogen-bond acceptors (Lipinski definition) is 2. The molecule has 1 fully saturated rings. The molecule has 1 aliphatic heterocycles. The Kier molecular flexibility index (Phi) is 5.96. The molecule has 1 atom stereocenters. The average Bonchev–Trinajstić information content (AvgIpc) is 2.28. The molecule has 0 aromatic heterocycles. The van der Waals surface area contributed by atoms with Crippen molar-refractivity contribution in [2.24, 2.45) is 5.41 Å². The van der Waals surface area contributed by atoms with Gasteiger partial charge in [0.15, 0.2) is 0 Å². The highest BCUT2D eigenvalue weighted by Crippen LogP contribution is 2.21. The van der Waals surface area contributed by atoms with Gasteiger partial charge in [0, 0.05) is 6.54 Å². The van der Waals surface area contributed by atoms with Crippen LogP contribution in [0, 0.1) is 5.41 Å². The van der Waals surface area contributed by atoms with E-state index in [9.17, 15) is 4.79 Å². The zero-order chi connectivity index (χ0) is 12.7. The van der Waals surface area contributed by atoms with Gasteiger partial charge in [0.25, 0.3) is 0 Å². The quantitative estimate of drug-likeness (QED) is 0.725. The number of carbonyl (C=O) groups excluding carboxylic acids is 1. The van der Waals surface area contributed by atoms with Crippen LogP contribution in [0.1, 0.15) is 59.3 Å². The van der Waals surface area contributed by atoms with Gasteiger partial charge in [-0.05, 0) is 37.6 Å². The van der Waals surface area contributed by atoms with Crippen molar-refractivity contribution < 1.29 is 4.79 Å². The molecule has 2 N–H and O–H groups in total. The zero-order valence-electron chi connectivity index (χ0n) is 11.6. The molecular formula is C14H28N2O. The summed E-state index contributed by atoms with van der Waals surface area (Å²) in [5.74, 6) is 0.195. The first-order chi connectivity index (χ1) is 7.99. The lowest BCUT2D eigenvalue weighted by Gasteiger charge is -2.22. The number of amides is 1. The Balaban J connectivity index is 2.04. The van der Waals surface area contributed by atoms with E-state index in [1.165, 1.54) is 25.7 Å². The topological polar surface area (TPSA) is 41.1 Å². The molecule has 3 heteroatoms. The molecule has 1 saturated heterocycles. The van der Waals surface area contributed by atoms with Crippen molar-refractivity contribution in [1.82, 2.24) is 10.6 Å². The fraction of sp³-hybridized carbons (Fsp3) is 0.929. The fourth-order valence-corrected chi connectivity index (χ4v) is 2.19. The van der Waals surface area contributed by atoms with E-state index < -0.39 is 0 Å². The van der Waals surface area contributed by atoms with E-state index in [0.29, 0.717) is 5.41 Å². The minimum Gasteiger partial charge on any atom is -0.355 e. The van der Waals surface area contributed by atoms with Gasteiger partial charge in [-0.15, -0.1) is 0 Å². The second kappa shape index (κ2) is 7.00. The Morgan fingerprint density at radius 3 is 2.65 bits per heavy atom. The first-order valence-corrected chi connectivity index (χ1v) is 7.00. The van der Waals surface area contributed by atoms with Crippen LogP contribution >= 0.6 is 0 Å². The van der Waals surface area contributed by atoms with Crippen molar-refractivity contribution in [1.29, 1.82) is 0 Å². The molecule has 1 rings (SSSR count). The summed E-state index contributed by atoms with van der Waals surface area (Å²) in [5, 5.41) is 6.31. The SMILES string of the molecule is CC(C)(C)CCCCNC(=O)C1CCCCN1. The highest BCUT2D eigenvalue weighted by Gasteiger charge is 2.19. The Morgan fingerprint density at radius 1 is 1.29 bits per heavy atom. The van der Waals surface area contributed by atoms with Gasteiger partial charge in [-0.2, -0.15) is 0 Å². The predicted octanol–water partition coefficient (Wildman–Crippen LogP) is 2.46. The highest BCUT2D eigenvalue weighted by molar-refractivity contribution is 5.81. The second-order valence-corrected chi connectivity index (χ2v) is 6.31. The van der Waals surface area contributed by atoms with Crippen LogP contribution < -0.4 is 10.6 Å². The Morgan fingerprint density at radius 2 is 2.06 bits per heavy atom. The Labute approximate surface area is 106 Å². The predicted molar refractivity (Wildman–Crippen MR) is 72.0 cm³/mol. The molecule has 0 aliphatic carbocycles. The summed E-state index contributed by atoms with van der Waals surface area (Å²) in [6.45, 7) is 8.60. The molecule has 100 valence electrons. The first kappa shape index (κ1) is 14.5. The van der Waals surface area contributed by atoms with Crippen molar-refractivity contribution in [3.63, 3.8) is 0 Å². The van der Waals surface area contributed by atoms with Crippen molar-refractivity contribution >= 4 is 5.91 Å². The van der Waals surface area contributed by atoms with Gasteiger partial charge < -0.3 is 10.6 Å². The molecule has 1 unspecified atom stereocenters. The van der Waals surface area contributed by atoms with Crippen LogP contribution in [0.2, 0.25) is 0 Å². The van der Waals surface area contributed by atoms with Gasteiger partial charge in [0.05, 0.1) is 6.04 Å². The van der Waals surface area contributed by atoms with Crippen LogP contribution in [0.5, 0.6) is 0 Å². The van der Waals surface area contributed by atoms with Gasteiger partial charge in [-0.3, -0.25) is 4.79 Å². The smallest absolute Gasteiger partial charge is 0.237 e. The van der Waals surface area contributed by atoms with E-state index in [2.05, 4.69) is 31.4 Å². The van der Waals surface area contributed by atoms with Gasteiger partial charge in [-0.25, -0.2) is 0 Å². The summed E-state index contributed by atoms with van der Waals surface area (Å²) in [4.78, 5) is 11.8. The second-order valence-electron chi connectivity index (χ2n) is 6.31. The third-order valence-electron chi connectivity index (χ3n) is 3.28. The number of piperidine rings is 1. The summed E-state index contributed by atoms with van der Waals surface area (Å²) in [6.07, 6.45) is 6.89. The summed E-state index contributed by atoms with van der Waals surface area (Å²) in [7, 11) is 0. The third kappa shape index (κ3) is 6.67. The molecule has 17 heavy (non-hydrogen) atoms. The summed E-state index contributed by atoms with van der Waals surface area (Å²) < 4.78 is 0. The third-order valence-corrected chi connectivity index (χ3v) is 3.28. The molecule has 0 aromatic rings. The van der Waals surface area contributed by atoms with Gasteiger partial charge in [0.2, 0.25) is 5.91 Å². The summed E-state index contributed by atoms with van der Waals surface area (Å²) >= 11 is 0. The molecule has 3 nitrogen and oxygen atoms in total. The lowest BCUT2D eigenvalue weighted by atomic mass is 9.90. The van der Waals surface area contributed by atoms with E-state index in [0.717, 1.165) is 25.9 Å². The molecule has 0 radical (unpaired) electrons. The standard InChI is InChI=1S/C14H28N2O/c1-14(2,3)9-5-7-11-16-13(17)12-8-4-6-10-15-12/h12,15H,4-11H2,1-3H3,(H,16,17). The molecular weight excluding hydrogens is 212 g/mol. The van der Waals surface area contributed by atoms with E-state index in [-0.39, 0.29) is 11.9 Å². The van der Waals surface area contributed by atoms with E-state index >= 15 is 0 Å². The van der Waals surface area contributed by atoms with Crippen LogP contribution in [-0.4, -0.2) is 25.0 Å². The maximum atomic E-state index is 11.8. The molecule has 0 saturated carbocycles. The molecule has 0 bridgehead atoms. The minimum atomic E-state index is 0.0615. The van der Waals surface area contributed by atoms with Gasteiger partial charge in [-0.1, -0.05) is 33.6 Å². The number of carbonyl (C=O) groups is 1. The number of hydrogen-bond donors (Lipinski definition) is 2. The lowest BCUT2D eigenvalue weighted by Crippen LogP contribution is -2.46. The van der Waals surface area contributed by atoms with Gasteiger partial charge >= 0.3 is 0 Å². The van der Waals surface area contributed by atoms with E-state index in [1.807, 2.05) is 0 Å². The lowest BCUT2D eigenvalue weighted by molar-refractivity contribution is -0.123. The number of unbranched alkanes of at least 4 members (excludes halogenated alkanes) is 1. The summed E-state index contributed by atoms with van der Waals surface area (Å²) in [6, 6.07) is 0.0615. The maximum absolute atomic E-state index is 11.8. The Hall–Kier alpha value is -0.570. The molecule has 1 amide bonds. The van der Waals surface area contributed by atoms with Crippen LogP contribution in [0.4, 0.5) is 0 Å². The largest absolute Gasteiger partial charge is 0.355 e.